The number of phosphoric ester groups is 1. The third-order valence-electron chi connectivity index (χ3n) is 10.0. The molecule has 0 rings (SSSR count). The van der Waals surface area contributed by atoms with E-state index in [0.29, 0.717) is 6.42 Å². The van der Waals surface area contributed by atoms with Crippen molar-refractivity contribution in [3.05, 3.63) is 0 Å². The van der Waals surface area contributed by atoms with E-state index in [1.165, 1.54) is 167 Å². The van der Waals surface area contributed by atoms with Gasteiger partial charge >= 0.3 is 13.8 Å². The van der Waals surface area contributed by atoms with Crippen molar-refractivity contribution in [1.29, 1.82) is 0 Å². The SMILES string of the molecule is CCCCCCCCCCCCCCCCCCCCCCCCC(=O)NCCOP(=O)(O)OCC(O)COC(=O)CCCCCCCCCCCC. The number of carbonyl (C=O) groups is 2. The van der Waals surface area contributed by atoms with Crippen LogP contribution < -0.4 is 5.32 Å². The minimum atomic E-state index is -4.41. The maximum atomic E-state index is 12.1. The van der Waals surface area contributed by atoms with Crippen molar-refractivity contribution in [2.75, 3.05) is 26.4 Å². The van der Waals surface area contributed by atoms with Gasteiger partial charge in [0.25, 0.3) is 0 Å². The molecule has 0 aliphatic heterocycles. The molecule has 316 valence electrons. The summed E-state index contributed by atoms with van der Waals surface area (Å²) in [6.45, 7) is 3.58. The zero-order chi connectivity index (χ0) is 38.9. The van der Waals surface area contributed by atoms with Crippen molar-refractivity contribution in [2.24, 2.45) is 0 Å². The molecule has 3 N–H and O–H groups in total. The van der Waals surface area contributed by atoms with E-state index < -0.39 is 26.5 Å². The van der Waals surface area contributed by atoms with E-state index in [1.54, 1.807) is 0 Å². The Labute approximate surface area is 326 Å². The van der Waals surface area contributed by atoms with E-state index >= 15 is 0 Å². The van der Waals surface area contributed by atoms with Crippen LogP contribution in [0.3, 0.4) is 0 Å². The number of rotatable bonds is 43. The summed E-state index contributed by atoms with van der Waals surface area (Å²) in [6.07, 6.45) is 40.5. The molecule has 0 saturated carbocycles. The fraction of sp³-hybridized carbons (Fsp3) is 0.953. The molecule has 0 fully saturated rings. The fourth-order valence-electron chi connectivity index (χ4n) is 6.62. The van der Waals surface area contributed by atoms with Gasteiger partial charge in [-0.2, -0.15) is 0 Å². The molecule has 0 saturated heterocycles. The van der Waals surface area contributed by atoms with Gasteiger partial charge in [-0.1, -0.05) is 206 Å². The zero-order valence-electron chi connectivity index (χ0n) is 34.7. The standard InChI is InChI=1S/C43H86NO8P/c1-3-5-7-9-11-13-15-16-17-18-19-20-21-22-23-24-25-26-27-29-31-33-35-42(46)44-37-38-51-53(48,49)52-40-41(45)39-50-43(47)36-34-32-30-28-14-12-10-8-6-4-2/h41,45H,3-40H2,1-2H3,(H,44,46)(H,48,49). The average molecular weight is 776 g/mol. The number of nitrogens with one attached hydrogen (secondary N) is 1. The maximum Gasteiger partial charge on any atom is 0.472 e. The number of amides is 1. The van der Waals surface area contributed by atoms with Crippen LogP contribution in [-0.4, -0.2) is 54.3 Å². The van der Waals surface area contributed by atoms with Crippen molar-refractivity contribution in [3.63, 3.8) is 0 Å². The number of unbranched alkanes of at least 4 members (excludes halogenated alkanes) is 30. The summed E-state index contributed by atoms with van der Waals surface area (Å²) in [5.74, 6) is -0.506. The van der Waals surface area contributed by atoms with Crippen LogP contribution in [0.4, 0.5) is 0 Å². The van der Waals surface area contributed by atoms with Crippen molar-refractivity contribution < 1.29 is 37.9 Å². The summed E-state index contributed by atoms with van der Waals surface area (Å²) in [7, 11) is -4.41. The van der Waals surface area contributed by atoms with Crippen LogP contribution in [0.5, 0.6) is 0 Å². The van der Waals surface area contributed by atoms with Gasteiger partial charge in [-0.25, -0.2) is 4.57 Å². The quantitative estimate of drug-likeness (QED) is 0.0317. The molecule has 0 bridgehead atoms. The predicted octanol–water partition coefficient (Wildman–Crippen LogP) is 12.4. The summed E-state index contributed by atoms with van der Waals surface area (Å²) < 4.78 is 26.8. The lowest BCUT2D eigenvalue weighted by atomic mass is 10.0. The van der Waals surface area contributed by atoms with Crippen LogP contribution in [0.25, 0.3) is 0 Å². The third kappa shape index (κ3) is 42.0. The first-order chi connectivity index (χ1) is 25.8. The summed E-state index contributed by atoms with van der Waals surface area (Å²) in [5, 5.41) is 12.7. The van der Waals surface area contributed by atoms with Crippen molar-refractivity contribution in [3.8, 4) is 0 Å². The number of phosphoric acid groups is 1. The molecule has 2 unspecified atom stereocenters. The van der Waals surface area contributed by atoms with Gasteiger partial charge in [-0.15, -0.1) is 0 Å². The first-order valence-electron chi connectivity index (χ1n) is 22.5. The molecule has 0 aromatic heterocycles. The lowest BCUT2D eigenvalue weighted by molar-refractivity contribution is -0.147. The van der Waals surface area contributed by atoms with Gasteiger partial charge in [0.15, 0.2) is 0 Å². The predicted molar refractivity (Wildman–Crippen MR) is 220 cm³/mol. The molecule has 0 aromatic carbocycles. The molecule has 9 nitrogen and oxygen atoms in total. The summed E-state index contributed by atoms with van der Waals surface area (Å²) >= 11 is 0. The van der Waals surface area contributed by atoms with E-state index in [4.69, 9.17) is 13.8 Å². The lowest BCUT2D eigenvalue weighted by Gasteiger charge is -2.15. The molecule has 0 spiro atoms. The Hall–Kier alpha value is -0.990. The number of carbonyl (C=O) groups excluding carboxylic acids is 2. The minimum Gasteiger partial charge on any atom is -0.463 e. The summed E-state index contributed by atoms with van der Waals surface area (Å²) in [4.78, 5) is 33.8. The van der Waals surface area contributed by atoms with E-state index in [0.717, 1.165) is 38.5 Å². The molecular formula is C43H86NO8P. The molecule has 0 aromatic rings. The third-order valence-corrected chi connectivity index (χ3v) is 11.0. The average Bonchev–Trinajstić information content (AvgIpc) is 3.14. The maximum absolute atomic E-state index is 12.1. The van der Waals surface area contributed by atoms with Gasteiger partial charge in [-0.3, -0.25) is 18.6 Å². The Bertz CT molecular complexity index is 845. The Morgan fingerprint density at radius 2 is 0.849 bits per heavy atom. The molecule has 1 amide bonds. The van der Waals surface area contributed by atoms with Gasteiger partial charge in [0, 0.05) is 19.4 Å². The Balaban J connectivity index is 3.50. The van der Waals surface area contributed by atoms with E-state index in [1.807, 2.05) is 0 Å². The second kappa shape index (κ2) is 40.7. The van der Waals surface area contributed by atoms with Gasteiger partial charge in [-0.05, 0) is 12.8 Å². The largest absolute Gasteiger partial charge is 0.472 e. The molecule has 0 aliphatic rings. The summed E-state index contributed by atoms with van der Waals surface area (Å²) in [5.41, 5.74) is 0. The normalized spacial score (nSPS) is 13.2. The second-order valence-corrected chi connectivity index (χ2v) is 16.8. The first-order valence-corrected chi connectivity index (χ1v) is 24.0. The number of hydrogen-bond donors (Lipinski definition) is 3. The number of ether oxygens (including phenoxy) is 1. The van der Waals surface area contributed by atoms with Crippen LogP contribution in [0.2, 0.25) is 0 Å². The highest BCUT2D eigenvalue weighted by atomic mass is 31.2. The summed E-state index contributed by atoms with van der Waals surface area (Å²) in [6, 6.07) is 0. The molecule has 10 heteroatoms. The van der Waals surface area contributed by atoms with Gasteiger partial charge in [0.1, 0.15) is 12.7 Å². The smallest absolute Gasteiger partial charge is 0.463 e. The number of hydrogen-bond acceptors (Lipinski definition) is 7. The Kier molecular flexibility index (Phi) is 39.9. The monoisotopic (exact) mass is 776 g/mol. The van der Waals surface area contributed by atoms with Crippen molar-refractivity contribution in [2.45, 2.75) is 238 Å². The minimum absolute atomic E-state index is 0.0885. The number of aliphatic hydroxyl groups is 1. The number of aliphatic hydroxyl groups excluding tert-OH is 1. The molecule has 0 radical (unpaired) electrons. The highest BCUT2D eigenvalue weighted by Crippen LogP contribution is 2.42. The van der Waals surface area contributed by atoms with Crippen LogP contribution in [0, 0.1) is 0 Å². The van der Waals surface area contributed by atoms with Gasteiger partial charge in [0.05, 0.1) is 13.2 Å². The van der Waals surface area contributed by atoms with Crippen LogP contribution >= 0.6 is 7.82 Å². The highest BCUT2D eigenvalue weighted by Gasteiger charge is 2.23. The van der Waals surface area contributed by atoms with Gasteiger partial charge in [0.2, 0.25) is 5.91 Å². The van der Waals surface area contributed by atoms with E-state index in [2.05, 4.69) is 19.2 Å². The van der Waals surface area contributed by atoms with Crippen LogP contribution in [0.1, 0.15) is 232 Å². The highest BCUT2D eigenvalue weighted by molar-refractivity contribution is 7.47. The van der Waals surface area contributed by atoms with E-state index in [-0.39, 0.29) is 32.1 Å². The van der Waals surface area contributed by atoms with Crippen molar-refractivity contribution >= 4 is 19.7 Å². The second-order valence-electron chi connectivity index (χ2n) is 15.4. The molecule has 2 atom stereocenters. The molecule has 53 heavy (non-hydrogen) atoms. The van der Waals surface area contributed by atoms with Crippen LogP contribution in [-0.2, 0) is 27.9 Å². The van der Waals surface area contributed by atoms with E-state index in [9.17, 15) is 24.2 Å². The molecular weight excluding hydrogens is 689 g/mol. The first kappa shape index (κ1) is 52.0. The topological polar surface area (TPSA) is 131 Å². The number of esters is 1. The molecule has 0 heterocycles. The van der Waals surface area contributed by atoms with Crippen molar-refractivity contribution in [1.82, 2.24) is 5.32 Å². The Morgan fingerprint density at radius 1 is 0.509 bits per heavy atom. The zero-order valence-corrected chi connectivity index (χ0v) is 35.6. The lowest BCUT2D eigenvalue weighted by Crippen LogP contribution is -2.27. The van der Waals surface area contributed by atoms with Crippen LogP contribution in [0.15, 0.2) is 0 Å². The fourth-order valence-corrected chi connectivity index (χ4v) is 7.37. The van der Waals surface area contributed by atoms with Gasteiger partial charge < -0.3 is 20.1 Å². The Morgan fingerprint density at radius 3 is 1.23 bits per heavy atom. The molecule has 0 aliphatic carbocycles.